The van der Waals surface area contributed by atoms with Gasteiger partial charge in [0.25, 0.3) is 0 Å². The van der Waals surface area contributed by atoms with Gasteiger partial charge in [-0.05, 0) is 30.5 Å². The van der Waals surface area contributed by atoms with E-state index in [0.717, 1.165) is 23.5 Å². The van der Waals surface area contributed by atoms with Gasteiger partial charge in [0.15, 0.2) is 11.5 Å². The van der Waals surface area contributed by atoms with E-state index in [0.29, 0.717) is 39.3 Å². The number of hydrogen-bond donors (Lipinski definition) is 2. The van der Waals surface area contributed by atoms with Gasteiger partial charge in [0.2, 0.25) is 0 Å². The molecule has 2 N–H and O–H groups in total. The minimum Gasteiger partial charge on any atom is -0.490 e. The average Bonchev–Trinajstić information content (AvgIpc) is 2.71. The summed E-state index contributed by atoms with van der Waals surface area (Å²) < 4.78 is 17.0. The van der Waals surface area contributed by atoms with Crippen LogP contribution in [0.4, 0.5) is 0 Å². The minimum absolute atomic E-state index is 0.221. The fraction of sp³-hybridized carbons (Fsp3) is 0.625. The van der Waals surface area contributed by atoms with Crippen LogP contribution in [0.3, 0.4) is 0 Å². The molecule has 21 heavy (non-hydrogen) atoms. The largest absolute Gasteiger partial charge is 0.490 e. The highest BCUT2D eigenvalue weighted by Gasteiger charge is 2.42. The van der Waals surface area contributed by atoms with Gasteiger partial charge in [-0.2, -0.15) is 0 Å². The Bertz CT molecular complexity index is 521. The number of benzene rings is 1. The summed E-state index contributed by atoms with van der Waals surface area (Å²) in [6, 6.07) is 6.28. The molecule has 0 amide bonds. The molecule has 3 heterocycles. The Labute approximate surface area is 124 Å². The lowest BCUT2D eigenvalue weighted by Gasteiger charge is -2.45. The number of ether oxygens (including phenoxy) is 3. The molecule has 0 saturated carbocycles. The third-order valence-corrected chi connectivity index (χ3v) is 4.56. The normalized spacial score (nSPS) is 35.1. The minimum atomic E-state index is -0.810. The summed E-state index contributed by atoms with van der Waals surface area (Å²) in [7, 11) is 0. The molecule has 5 nitrogen and oxygen atoms in total. The van der Waals surface area contributed by atoms with Crippen LogP contribution in [0.5, 0.6) is 11.5 Å². The van der Waals surface area contributed by atoms with E-state index in [4.69, 9.17) is 14.2 Å². The maximum atomic E-state index is 11.1. The Morgan fingerprint density at radius 3 is 2.52 bits per heavy atom. The van der Waals surface area contributed by atoms with Crippen LogP contribution >= 0.6 is 0 Å². The zero-order valence-corrected chi connectivity index (χ0v) is 12.0. The lowest BCUT2D eigenvalue weighted by atomic mass is 9.78. The van der Waals surface area contributed by atoms with Gasteiger partial charge in [0.05, 0.1) is 32.0 Å². The molecule has 2 atom stereocenters. The number of fused-ring (bicyclic) bond motifs is 3. The van der Waals surface area contributed by atoms with Crippen LogP contribution in [0.2, 0.25) is 0 Å². The van der Waals surface area contributed by atoms with Crippen LogP contribution in [-0.2, 0) is 10.3 Å². The summed E-state index contributed by atoms with van der Waals surface area (Å²) in [4.78, 5) is 0. The Hall–Kier alpha value is -1.30. The molecule has 4 rings (SSSR count). The Morgan fingerprint density at radius 1 is 1.05 bits per heavy atom. The van der Waals surface area contributed by atoms with Gasteiger partial charge in [0.1, 0.15) is 0 Å². The van der Waals surface area contributed by atoms with Crippen molar-refractivity contribution in [3.05, 3.63) is 23.8 Å². The molecule has 0 aromatic heterocycles. The summed E-state index contributed by atoms with van der Waals surface area (Å²) in [5.74, 6) is 1.52. The average molecular weight is 291 g/mol. The van der Waals surface area contributed by atoms with E-state index in [9.17, 15) is 5.11 Å². The molecule has 5 heteroatoms. The molecule has 114 valence electrons. The van der Waals surface area contributed by atoms with E-state index >= 15 is 0 Å². The van der Waals surface area contributed by atoms with Crippen molar-refractivity contribution in [1.82, 2.24) is 5.32 Å². The van der Waals surface area contributed by atoms with Crippen molar-refractivity contribution in [2.75, 3.05) is 26.4 Å². The van der Waals surface area contributed by atoms with Crippen molar-refractivity contribution in [2.24, 2.45) is 0 Å². The van der Waals surface area contributed by atoms with Gasteiger partial charge in [0, 0.05) is 18.5 Å². The van der Waals surface area contributed by atoms with Crippen molar-refractivity contribution in [2.45, 2.75) is 36.9 Å². The summed E-state index contributed by atoms with van der Waals surface area (Å²) in [6.07, 6.45) is 2.23. The van der Waals surface area contributed by atoms with Gasteiger partial charge < -0.3 is 24.6 Å². The summed E-state index contributed by atoms with van der Waals surface area (Å²) in [5.41, 5.74) is 0.111. The predicted octanol–water partition coefficient (Wildman–Crippen LogP) is 1.19. The first kappa shape index (κ1) is 13.4. The molecule has 2 unspecified atom stereocenters. The van der Waals surface area contributed by atoms with E-state index in [1.165, 1.54) is 0 Å². The predicted molar refractivity (Wildman–Crippen MR) is 76.7 cm³/mol. The molecule has 1 aromatic rings. The van der Waals surface area contributed by atoms with Gasteiger partial charge in [-0.1, -0.05) is 6.07 Å². The second-order valence-corrected chi connectivity index (χ2v) is 6.25. The molecule has 3 aliphatic rings. The Morgan fingerprint density at radius 2 is 1.76 bits per heavy atom. The summed E-state index contributed by atoms with van der Waals surface area (Å²) >= 11 is 0. The molecule has 1 aromatic carbocycles. The fourth-order valence-electron chi connectivity index (χ4n) is 3.60. The number of morpholine rings is 1. The molecular weight excluding hydrogens is 270 g/mol. The van der Waals surface area contributed by atoms with Crippen LogP contribution in [0.1, 0.15) is 24.8 Å². The van der Waals surface area contributed by atoms with E-state index in [2.05, 4.69) is 5.32 Å². The van der Waals surface area contributed by atoms with Crippen LogP contribution < -0.4 is 14.8 Å². The van der Waals surface area contributed by atoms with Crippen LogP contribution in [-0.4, -0.2) is 43.6 Å². The van der Waals surface area contributed by atoms with Crippen molar-refractivity contribution < 1.29 is 19.3 Å². The van der Waals surface area contributed by atoms with Crippen LogP contribution in [0, 0.1) is 0 Å². The molecule has 2 bridgehead atoms. The number of hydrogen-bond acceptors (Lipinski definition) is 5. The molecule has 0 spiro atoms. The molecule has 0 aliphatic carbocycles. The number of piperidine rings is 1. The molecule has 2 saturated heterocycles. The van der Waals surface area contributed by atoms with E-state index in [1.54, 1.807) is 0 Å². The lowest BCUT2D eigenvalue weighted by Crippen LogP contribution is -2.58. The quantitative estimate of drug-likeness (QED) is 0.814. The van der Waals surface area contributed by atoms with E-state index in [1.807, 2.05) is 18.2 Å². The Balaban J connectivity index is 1.64. The fourth-order valence-corrected chi connectivity index (χ4v) is 3.60. The SMILES string of the molecule is OC1(c2ccc3c(c2)OCCCO3)CC2COCC(C1)N2. The maximum Gasteiger partial charge on any atom is 0.161 e. The molecular formula is C16H21NO4. The van der Waals surface area contributed by atoms with Crippen molar-refractivity contribution in [3.63, 3.8) is 0 Å². The van der Waals surface area contributed by atoms with Crippen molar-refractivity contribution in [3.8, 4) is 11.5 Å². The topological polar surface area (TPSA) is 60.0 Å². The molecule has 0 radical (unpaired) electrons. The third kappa shape index (κ3) is 2.50. The summed E-state index contributed by atoms with van der Waals surface area (Å²) in [6.45, 7) is 2.68. The van der Waals surface area contributed by atoms with Crippen LogP contribution in [0.25, 0.3) is 0 Å². The smallest absolute Gasteiger partial charge is 0.161 e. The third-order valence-electron chi connectivity index (χ3n) is 4.56. The van der Waals surface area contributed by atoms with Crippen molar-refractivity contribution >= 4 is 0 Å². The highest BCUT2D eigenvalue weighted by atomic mass is 16.5. The lowest BCUT2D eigenvalue weighted by molar-refractivity contribution is -0.0803. The first-order valence-corrected chi connectivity index (χ1v) is 7.69. The zero-order chi connectivity index (χ0) is 14.3. The van der Waals surface area contributed by atoms with Crippen molar-refractivity contribution in [1.29, 1.82) is 0 Å². The standard InChI is InChI=1S/C16H21NO4/c18-16(7-12-9-19-10-13(8-16)17-12)11-2-3-14-15(6-11)21-5-1-4-20-14/h2-3,6,12-13,17-18H,1,4-5,7-10H2. The maximum absolute atomic E-state index is 11.1. The van der Waals surface area contributed by atoms with Gasteiger partial charge >= 0.3 is 0 Å². The molecule has 3 aliphatic heterocycles. The zero-order valence-electron chi connectivity index (χ0n) is 12.0. The number of rotatable bonds is 1. The molecule has 2 fully saturated rings. The van der Waals surface area contributed by atoms with Gasteiger partial charge in [-0.25, -0.2) is 0 Å². The highest BCUT2D eigenvalue weighted by molar-refractivity contribution is 5.45. The van der Waals surface area contributed by atoms with Crippen LogP contribution in [0.15, 0.2) is 18.2 Å². The first-order valence-electron chi connectivity index (χ1n) is 7.69. The van der Waals surface area contributed by atoms with Gasteiger partial charge in [-0.3, -0.25) is 0 Å². The van der Waals surface area contributed by atoms with E-state index in [-0.39, 0.29) is 12.1 Å². The summed E-state index contributed by atoms with van der Waals surface area (Å²) in [5, 5.41) is 14.6. The number of nitrogens with one attached hydrogen (secondary N) is 1. The number of aliphatic hydroxyl groups is 1. The second-order valence-electron chi connectivity index (χ2n) is 6.25. The van der Waals surface area contributed by atoms with E-state index < -0.39 is 5.60 Å². The second kappa shape index (κ2) is 5.16. The Kier molecular flexibility index (Phi) is 3.28. The highest BCUT2D eigenvalue weighted by Crippen LogP contribution is 2.40. The first-order chi connectivity index (χ1) is 10.2. The van der Waals surface area contributed by atoms with Gasteiger partial charge in [-0.15, -0.1) is 0 Å². The monoisotopic (exact) mass is 291 g/mol.